The topological polar surface area (TPSA) is 84.2 Å². The van der Waals surface area contributed by atoms with Crippen molar-refractivity contribution in [1.29, 1.82) is 0 Å². The fraction of sp³-hybridized carbons (Fsp3) is 0.158. The molecule has 0 saturated carbocycles. The lowest BCUT2D eigenvalue weighted by Crippen LogP contribution is -2.38. The van der Waals surface area contributed by atoms with Gasteiger partial charge in [0.1, 0.15) is 5.70 Å². The number of nitrogens with one attached hydrogen (secondary N) is 2. The van der Waals surface area contributed by atoms with E-state index in [9.17, 15) is 9.59 Å². The first kappa shape index (κ1) is 17.4. The molecule has 5 nitrogen and oxygen atoms in total. The molecule has 2 aromatic carbocycles. The number of hydrazine groups is 1. The van der Waals surface area contributed by atoms with Gasteiger partial charge in [-0.25, -0.2) is 5.84 Å². The predicted molar refractivity (Wildman–Crippen MR) is 94.7 cm³/mol. The lowest BCUT2D eigenvalue weighted by Gasteiger charge is -2.10. The fourth-order valence-electron chi connectivity index (χ4n) is 2.16. The third-order valence-corrected chi connectivity index (χ3v) is 3.57. The van der Waals surface area contributed by atoms with Crippen molar-refractivity contribution in [3.8, 4) is 0 Å². The summed E-state index contributed by atoms with van der Waals surface area (Å²) in [5, 5.41) is 2.60. The Kier molecular flexibility index (Phi) is 5.87. The van der Waals surface area contributed by atoms with Crippen molar-refractivity contribution in [3.05, 3.63) is 77.0 Å². The van der Waals surface area contributed by atoms with Crippen molar-refractivity contribution in [2.24, 2.45) is 5.84 Å². The van der Waals surface area contributed by atoms with Crippen LogP contribution in [-0.4, -0.2) is 11.8 Å². The van der Waals surface area contributed by atoms with Gasteiger partial charge in [-0.05, 0) is 35.3 Å². The van der Waals surface area contributed by atoms with Crippen molar-refractivity contribution < 1.29 is 9.59 Å². The molecule has 0 aliphatic rings. The first-order valence-electron chi connectivity index (χ1n) is 7.70. The Morgan fingerprint density at radius 2 is 1.62 bits per heavy atom. The molecule has 0 unspecified atom stereocenters. The number of hydrogen-bond acceptors (Lipinski definition) is 3. The highest BCUT2D eigenvalue weighted by atomic mass is 16.2. The monoisotopic (exact) mass is 323 g/mol. The van der Waals surface area contributed by atoms with E-state index in [4.69, 9.17) is 5.84 Å². The maximum Gasteiger partial charge on any atom is 0.281 e. The molecule has 0 fully saturated rings. The van der Waals surface area contributed by atoms with E-state index in [1.807, 2.05) is 35.8 Å². The quantitative estimate of drug-likeness (QED) is 0.342. The summed E-state index contributed by atoms with van der Waals surface area (Å²) in [6.07, 6.45) is 1.59. The lowest BCUT2D eigenvalue weighted by atomic mass is 10.0. The van der Waals surface area contributed by atoms with Crippen LogP contribution in [0.4, 0.5) is 0 Å². The van der Waals surface area contributed by atoms with E-state index in [-0.39, 0.29) is 11.6 Å². The third kappa shape index (κ3) is 4.54. The smallest absolute Gasteiger partial charge is 0.281 e. The lowest BCUT2D eigenvalue weighted by molar-refractivity contribution is -0.117. The number of hydrogen-bond donors (Lipinski definition) is 3. The van der Waals surface area contributed by atoms with E-state index >= 15 is 0 Å². The van der Waals surface area contributed by atoms with Crippen LogP contribution in [0.3, 0.4) is 0 Å². The van der Waals surface area contributed by atoms with Crippen LogP contribution in [0.25, 0.3) is 6.08 Å². The molecule has 4 N–H and O–H groups in total. The fourth-order valence-corrected chi connectivity index (χ4v) is 2.16. The van der Waals surface area contributed by atoms with Gasteiger partial charge in [-0.2, -0.15) is 0 Å². The molecular formula is C19H21N3O2. The zero-order valence-electron chi connectivity index (χ0n) is 13.7. The molecule has 0 atom stereocenters. The predicted octanol–water partition coefficient (Wildman–Crippen LogP) is 2.57. The maximum atomic E-state index is 12.2. The number of rotatable bonds is 5. The van der Waals surface area contributed by atoms with Gasteiger partial charge in [0.2, 0.25) is 0 Å². The van der Waals surface area contributed by atoms with Crippen LogP contribution in [0.1, 0.15) is 41.3 Å². The largest absolute Gasteiger partial charge is 0.317 e. The van der Waals surface area contributed by atoms with Crippen LogP contribution in [-0.2, 0) is 4.79 Å². The molecule has 2 amide bonds. The molecule has 2 aromatic rings. The Hall–Kier alpha value is -2.92. The molecule has 5 heteroatoms. The molecule has 0 saturated heterocycles. The first-order valence-corrected chi connectivity index (χ1v) is 7.70. The molecule has 0 aliphatic heterocycles. The minimum absolute atomic E-state index is 0.0867. The van der Waals surface area contributed by atoms with Crippen molar-refractivity contribution in [1.82, 2.24) is 10.7 Å². The third-order valence-electron chi connectivity index (χ3n) is 3.57. The van der Waals surface area contributed by atoms with Gasteiger partial charge in [0, 0.05) is 5.56 Å². The second-order valence-electron chi connectivity index (χ2n) is 5.67. The molecular weight excluding hydrogens is 302 g/mol. The average Bonchev–Trinajstić information content (AvgIpc) is 2.61. The summed E-state index contributed by atoms with van der Waals surface area (Å²) in [6, 6.07) is 16.5. The van der Waals surface area contributed by atoms with Gasteiger partial charge < -0.3 is 5.32 Å². The van der Waals surface area contributed by atoms with Crippen LogP contribution < -0.4 is 16.6 Å². The zero-order valence-corrected chi connectivity index (χ0v) is 13.7. The van der Waals surface area contributed by atoms with Gasteiger partial charge >= 0.3 is 0 Å². The second kappa shape index (κ2) is 8.08. The summed E-state index contributed by atoms with van der Waals surface area (Å²) in [7, 11) is 0. The number of benzene rings is 2. The maximum absolute atomic E-state index is 12.2. The van der Waals surface area contributed by atoms with Crippen molar-refractivity contribution >= 4 is 17.9 Å². The summed E-state index contributed by atoms with van der Waals surface area (Å²) in [5.41, 5.74) is 4.59. The first-order chi connectivity index (χ1) is 11.5. The molecule has 0 aromatic heterocycles. The van der Waals surface area contributed by atoms with Crippen LogP contribution >= 0.6 is 0 Å². The van der Waals surface area contributed by atoms with E-state index in [1.54, 1.807) is 30.3 Å². The van der Waals surface area contributed by atoms with E-state index in [2.05, 4.69) is 19.2 Å². The van der Waals surface area contributed by atoms with E-state index < -0.39 is 5.91 Å². The number of carbonyl (C=O) groups is 2. The number of amides is 2. The zero-order chi connectivity index (χ0) is 17.5. The Labute approximate surface area is 141 Å². The molecule has 124 valence electrons. The highest BCUT2D eigenvalue weighted by Crippen LogP contribution is 2.16. The normalized spacial score (nSPS) is 11.2. The van der Waals surface area contributed by atoms with Crippen LogP contribution in [0.15, 0.2) is 60.3 Å². The Morgan fingerprint density at radius 1 is 1.00 bits per heavy atom. The van der Waals surface area contributed by atoms with E-state index in [0.29, 0.717) is 11.5 Å². The molecule has 24 heavy (non-hydrogen) atoms. The SMILES string of the molecule is CC(C)c1ccc(/C=C(/NC(=O)c2ccccc2)C(=O)NN)cc1. The molecule has 0 bridgehead atoms. The van der Waals surface area contributed by atoms with Gasteiger partial charge in [0.05, 0.1) is 0 Å². The van der Waals surface area contributed by atoms with Gasteiger partial charge in [-0.15, -0.1) is 0 Å². The van der Waals surface area contributed by atoms with Crippen LogP contribution in [0.5, 0.6) is 0 Å². The Bertz CT molecular complexity index is 735. The van der Waals surface area contributed by atoms with Crippen molar-refractivity contribution in [2.45, 2.75) is 19.8 Å². The summed E-state index contributed by atoms with van der Waals surface area (Å²) in [5.74, 6) is 4.70. The van der Waals surface area contributed by atoms with Gasteiger partial charge in [0.25, 0.3) is 11.8 Å². The summed E-state index contributed by atoms with van der Waals surface area (Å²) in [6.45, 7) is 4.22. The molecule has 0 heterocycles. The minimum Gasteiger partial charge on any atom is -0.317 e. The van der Waals surface area contributed by atoms with Gasteiger partial charge in [-0.3, -0.25) is 15.0 Å². The van der Waals surface area contributed by atoms with E-state index in [0.717, 1.165) is 5.56 Å². The van der Waals surface area contributed by atoms with Crippen LogP contribution in [0, 0.1) is 0 Å². The van der Waals surface area contributed by atoms with Crippen LogP contribution in [0.2, 0.25) is 0 Å². The average molecular weight is 323 g/mol. The second-order valence-corrected chi connectivity index (χ2v) is 5.67. The summed E-state index contributed by atoms with van der Waals surface area (Å²) >= 11 is 0. The number of nitrogens with two attached hydrogens (primary N) is 1. The van der Waals surface area contributed by atoms with Crippen molar-refractivity contribution in [3.63, 3.8) is 0 Å². The summed E-state index contributed by atoms with van der Waals surface area (Å²) < 4.78 is 0. The Morgan fingerprint density at radius 3 is 2.17 bits per heavy atom. The number of carbonyl (C=O) groups excluding carboxylic acids is 2. The highest BCUT2D eigenvalue weighted by molar-refractivity contribution is 6.05. The van der Waals surface area contributed by atoms with Gasteiger partial charge in [0.15, 0.2) is 0 Å². The molecule has 0 spiro atoms. The minimum atomic E-state index is -0.563. The molecule has 2 rings (SSSR count). The highest BCUT2D eigenvalue weighted by Gasteiger charge is 2.13. The molecule has 0 aliphatic carbocycles. The molecule has 0 radical (unpaired) electrons. The Balaban J connectivity index is 2.24. The van der Waals surface area contributed by atoms with E-state index in [1.165, 1.54) is 5.56 Å². The van der Waals surface area contributed by atoms with Gasteiger partial charge in [-0.1, -0.05) is 56.3 Å². The standard InChI is InChI=1S/C19H21N3O2/c1-13(2)15-10-8-14(9-11-15)12-17(19(24)22-20)21-18(23)16-6-4-3-5-7-16/h3-13H,20H2,1-2H3,(H,21,23)(H,22,24)/b17-12+. The summed E-state index contributed by atoms with van der Waals surface area (Å²) in [4.78, 5) is 24.2. The van der Waals surface area contributed by atoms with Crippen molar-refractivity contribution in [2.75, 3.05) is 0 Å².